The molecule has 0 radical (unpaired) electrons. The molecule has 5 heteroatoms. The molecule has 0 unspecified atom stereocenters. The van der Waals surface area contributed by atoms with Gasteiger partial charge in [0.15, 0.2) is 0 Å². The maximum absolute atomic E-state index is 13.3. The molecular formula is C21H18FNO3. The van der Waals surface area contributed by atoms with E-state index in [0.29, 0.717) is 37.6 Å². The third-order valence-electron chi connectivity index (χ3n) is 3.88. The molecule has 0 fully saturated rings. The van der Waals surface area contributed by atoms with Crippen LogP contribution in [0.4, 0.5) is 4.39 Å². The van der Waals surface area contributed by atoms with Crippen LogP contribution in [0.25, 0.3) is 11.0 Å². The van der Waals surface area contributed by atoms with Crippen molar-refractivity contribution in [3.8, 4) is 18.1 Å². The molecule has 0 aliphatic rings. The quantitative estimate of drug-likeness (QED) is 0.483. The number of hydrogen-bond donors (Lipinski definition) is 0. The van der Waals surface area contributed by atoms with E-state index in [-0.39, 0.29) is 5.82 Å². The molecular weight excluding hydrogens is 333 g/mol. The van der Waals surface area contributed by atoms with E-state index >= 15 is 0 Å². The Morgan fingerprint density at radius 1 is 1.15 bits per heavy atom. The maximum Gasteiger partial charge on any atom is 0.336 e. The number of terminal acetylenes is 1. The molecule has 2 aromatic carbocycles. The number of rotatable bonds is 7. The van der Waals surface area contributed by atoms with Crippen molar-refractivity contribution in [1.29, 1.82) is 0 Å². The number of nitrogens with zero attached hydrogens (tertiary/aromatic N) is 1. The Hall–Kier alpha value is -3.10. The van der Waals surface area contributed by atoms with Crippen LogP contribution in [0.15, 0.2) is 63.8 Å². The maximum atomic E-state index is 13.3. The lowest BCUT2D eigenvalue weighted by Crippen LogP contribution is -2.28. The average Bonchev–Trinajstić information content (AvgIpc) is 2.61. The normalized spacial score (nSPS) is 10.8. The summed E-state index contributed by atoms with van der Waals surface area (Å²) in [6.07, 6.45) is 5.42. The van der Waals surface area contributed by atoms with E-state index in [4.69, 9.17) is 15.6 Å². The number of hydrogen-bond acceptors (Lipinski definition) is 4. The van der Waals surface area contributed by atoms with Gasteiger partial charge in [-0.25, -0.2) is 9.18 Å². The zero-order valence-electron chi connectivity index (χ0n) is 14.2. The van der Waals surface area contributed by atoms with E-state index in [1.165, 1.54) is 18.2 Å². The van der Waals surface area contributed by atoms with Gasteiger partial charge in [0, 0.05) is 30.6 Å². The number of benzene rings is 2. The van der Waals surface area contributed by atoms with Gasteiger partial charge < -0.3 is 9.15 Å². The summed E-state index contributed by atoms with van der Waals surface area (Å²) in [5.74, 6) is 2.95. The second-order valence-electron chi connectivity index (χ2n) is 5.85. The fourth-order valence-corrected chi connectivity index (χ4v) is 2.66. The number of halogens is 1. The van der Waals surface area contributed by atoms with Gasteiger partial charge in [-0.05, 0) is 35.9 Å². The Balaban J connectivity index is 1.61. The highest BCUT2D eigenvalue weighted by Crippen LogP contribution is 2.19. The summed E-state index contributed by atoms with van der Waals surface area (Å²) in [7, 11) is 0. The van der Waals surface area contributed by atoms with Crippen LogP contribution in [-0.2, 0) is 6.54 Å². The predicted octanol–water partition coefficient (Wildman–Crippen LogP) is 3.45. The van der Waals surface area contributed by atoms with Crippen LogP contribution >= 0.6 is 0 Å². The molecule has 0 saturated heterocycles. The van der Waals surface area contributed by atoms with Gasteiger partial charge in [0.25, 0.3) is 0 Å². The largest absolute Gasteiger partial charge is 0.492 e. The van der Waals surface area contributed by atoms with Gasteiger partial charge in [-0.15, -0.1) is 6.42 Å². The Morgan fingerprint density at radius 2 is 2.00 bits per heavy atom. The van der Waals surface area contributed by atoms with E-state index in [9.17, 15) is 9.18 Å². The highest BCUT2D eigenvalue weighted by Gasteiger charge is 2.07. The standard InChI is InChI=1S/C21H18FNO3/c1-2-10-23(15-16-4-3-5-18(22)13-16)11-12-25-19-8-6-17-7-9-21(24)26-20(17)14-19/h1,3-9,13-14H,10-12,15H2. The molecule has 4 nitrogen and oxygen atoms in total. The van der Waals surface area contributed by atoms with Gasteiger partial charge in [-0.3, -0.25) is 4.90 Å². The van der Waals surface area contributed by atoms with Crippen molar-refractivity contribution in [2.45, 2.75) is 6.54 Å². The fourth-order valence-electron chi connectivity index (χ4n) is 2.66. The monoisotopic (exact) mass is 351 g/mol. The highest BCUT2D eigenvalue weighted by atomic mass is 19.1. The van der Waals surface area contributed by atoms with Crippen molar-refractivity contribution in [2.75, 3.05) is 19.7 Å². The van der Waals surface area contributed by atoms with Crippen LogP contribution < -0.4 is 10.4 Å². The van der Waals surface area contributed by atoms with E-state index < -0.39 is 5.63 Å². The summed E-state index contributed by atoms with van der Waals surface area (Å²) in [5.41, 5.74) is 0.938. The van der Waals surface area contributed by atoms with Crippen molar-refractivity contribution in [3.63, 3.8) is 0 Å². The first-order valence-electron chi connectivity index (χ1n) is 8.21. The summed E-state index contributed by atoms with van der Waals surface area (Å²) in [4.78, 5) is 13.3. The fraction of sp³-hybridized carbons (Fsp3) is 0.190. The van der Waals surface area contributed by atoms with Gasteiger partial charge in [0.2, 0.25) is 0 Å². The molecule has 0 saturated carbocycles. The molecule has 132 valence electrons. The number of ether oxygens (including phenoxy) is 1. The van der Waals surface area contributed by atoms with Crippen LogP contribution in [0.2, 0.25) is 0 Å². The molecule has 3 rings (SSSR count). The average molecular weight is 351 g/mol. The van der Waals surface area contributed by atoms with E-state index in [0.717, 1.165) is 10.9 Å². The van der Waals surface area contributed by atoms with Crippen LogP contribution in [0, 0.1) is 18.2 Å². The molecule has 0 amide bonds. The first-order chi connectivity index (χ1) is 12.6. The van der Waals surface area contributed by atoms with Crippen LogP contribution in [0.3, 0.4) is 0 Å². The Labute approximate surface area is 150 Å². The first kappa shape index (κ1) is 17.7. The Morgan fingerprint density at radius 3 is 2.81 bits per heavy atom. The van der Waals surface area contributed by atoms with Crippen molar-refractivity contribution in [2.24, 2.45) is 0 Å². The summed E-state index contributed by atoms with van der Waals surface area (Å²) in [6.45, 7) is 1.96. The smallest absolute Gasteiger partial charge is 0.336 e. The van der Waals surface area contributed by atoms with Crippen LogP contribution in [-0.4, -0.2) is 24.6 Å². The molecule has 0 atom stereocenters. The first-order valence-corrected chi connectivity index (χ1v) is 8.21. The van der Waals surface area contributed by atoms with Gasteiger partial charge >= 0.3 is 5.63 Å². The summed E-state index contributed by atoms with van der Waals surface area (Å²) in [5, 5.41) is 0.831. The van der Waals surface area contributed by atoms with Crippen molar-refractivity contribution in [3.05, 3.63) is 76.4 Å². The van der Waals surface area contributed by atoms with E-state index in [2.05, 4.69) is 5.92 Å². The SMILES string of the molecule is C#CCN(CCOc1ccc2ccc(=O)oc2c1)Cc1cccc(F)c1. The second-order valence-corrected chi connectivity index (χ2v) is 5.85. The lowest BCUT2D eigenvalue weighted by atomic mass is 10.2. The van der Waals surface area contributed by atoms with Crippen molar-refractivity contribution < 1.29 is 13.5 Å². The van der Waals surface area contributed by atoms with Gasteiger partial charge in [0.05, 0.1) is 6.54 Å². The zero-order valence-corrected chi connectivity index (χ0v) is 14.2. The minimum Gasteiger partial charge on any atom is -0.492 e. The molecule has 1 heterocycles. The van der Waals surface area contributed by atoms with Gasteiger partial charge in [-0.1, -0.05) is 18.1 Å². The Kier molecular flexibility index (Phi) is 5.67. The molecule has 0 bridgehead atoms. The Bertz CT molecular complexity index is 990. The minimum atomic E-state index is -0.398. The molecule has 0 aliphatic carbocycles. The van der Waals surface area contributed by atoms with E-state index in [1.807, 2.05) is 23.1 Å². The topological polar surface area (TPSA) is 42.7 Å². The molecule has 0 aliphatic heterocycles. The van der Waals surface area contributed by atoms with Gasteiger partial charge in [-0.2, -0.15) is 0 Å². The van der Waals surface area contributed by atoms with Crippen molar-refractivity contribution in [1.82, 2.24) is 4.90 Å². The second kappa shape index (κ2) is 8.32. The van der Waals surface area contributed by atoms with Crippen molar-refractivity contribution >= 4 is 11.0 Å². The predicted molar refractivity (Wildman–Crippen MR) is 98.5 cm³/mol. The molecule has 3 aromatic rings. The summed E-state index contributed by atoms with van der Waals surface area (Å²) < 4.78 is 24.2. The summed E-state index contributed by atoms with van der Waals surface area (Å²) in [6, 6.07) is 14.9. The number of fused-ring (bicyclic) bond motifs is 1. The third kappa shape index (κ3) is 4.71. The van der Waals surface area contributed by atoms with E-state index in [1.54, 1.807) is 18.2 Å². The summed E-state index contributed by atoms with van der Waals surface area (Å²) >= 11 is 0. The molecule has 0 spiro atoms. The molecule has 0 N–H and O–H groups in total. The third-order valence-corrected chi connectivity index (χ3v) is 3.88. The lowest BCUT2D eigenvalue weighted by Gasteiger charge is -2.20. The minimum absolute atomic E-state index is 0.267. The lowest BCUT2D eigenvalue weighted by molar-refractivity contribution is 0.219. The molecule has 1 aromatic heterocycles. The van der Waals surface area contributed by atoms with Crippen LogP contribution in [0.5, 0.6) is 5.75 Å². The van der Waals surface area contributed by atoms with Gasteiger partial charge in [0.1, 0.15) is 23.8 Å². The highest BCUT2D eigenvalue weighted by molar-refractivity contribution is 5.77. The zero-order chi connectivity index (χ0) is 18.4. The molecule has 26 heavy (non-hydrogen) atoms. The van der Waals surface area contributed by atoms with Crippen LogP contribution in [0.1, 0.15) is 5.56 Å².